The zero-order chi connectivity index (χ0) is 39.4. The lowest BCUT2D eigenvalue weighted by molar-refractivity contribution is -0.310. The fourth-order valence-corrected chi connectivity index (χ4v) is 6.74. The number of nitrogens with zero attached hydrogens (tertiary/aromatic N) is 1. The lowest BCUT2D eigenvalue weighted by atomic mass is 9.97. The third-order valence-corrected chi connectivity index (χ3v) is 9.82. The van der Waals surface area contributed by atoms with E-state index in [1.165, 1.54) is 19.2 Å². The summed E-state index contributed by atoms with van der Waals surface area (Å²) in [6, 6.07) is 42.3. The molecular weight excluding hydrogens is 731 g/mol. The maximum absolute atomic E-state index is 15.3. The number of aryl methyl sites for hydroxylation is 1. The Hall–Kier alpha value is -5.43. The Bertz CT molecular complexity index is 2120. The lowest BCUT2D eigenvalue weighted by Crippen LogP contribution is -2.62. The Morgan fingerprint density at radius 1 is 0.614 bits per heavy atom. The monoisotopic (exact) mass is 776 g/mol. The Kier molecular flexibility index (Phi) is 13.7. The first-order chi connectivity index (χ1) is 28.0. The van der Waals surface area contributed by atoms with Crippen LogP contribution in [0.25, 0.3) is 0 Å². The van der Waals surface area contributed by atoms with Crippen molar-refractivity contribution in [2.45, 2.75) is 70.5 Å². The highest BCUT2D eigenvalue weighted by Gasteiger charge is 2.50. The Labute approximate surface area is 331 Å². The number of ether oxygens (including phenoxy) is 7. The second kappa shape index (κ2) is 19.6. The predicted molar refractivity (Wildman–Crippen MR) is 209 cm³/mol. The van der Waals surface area contributed by atoms with Crippen LogP contribution in [-0.4, -0.2) is 54.6 Å². The molecule has 1 N–H and O–H groups in total. The third-order valence-electron chi connectivity index (χ3n) is 9.82. The van der Waals surface area contributed by atoms with Crippen LogP contribution in [0.3, 0.4) is 0 Å². The number of rotatable bonds is 18. The molecule has 6 aromatic rings. The van der Waals surface area contributed by atoms with Gasteiger partial charge in [-0.1, -0.05) is 127 Å². The average molecular weight is 777 g/mol. The summed E-state index contributed by atoms with van der Waals surface area (Å²) >= 11 is 0. The number of methoxy groups -OCH3 is 1. The Morgan fingerprint density at radius 3 is 1.67 bits per heavy atom. The van der Waals surface area contributed by atoms with Crippen LogP contribution in [0.2, 0.25) is 0 Å². The highest BCUT2D eigenvalue weighted by Crippen LogP contribution is 2.34. The van der Waals surface area contributed by atoms with E-state index >= 15 is 4.39 Å². The highest BCUT2D eigenvalue weighted by molar-refractivity contribution is 5.39. The molecule has 0 spiro atoms. The van der Waals surface area contributed by atoms with Crippen molar-refractivity contribution in [3.63, 3.8) is 0 Å². The Morgan fingerprint density at radius 2 is 1.12 bits per heavy atom. The van der Waals surface area contributed by atoms with Gasteiger partial charge in [0.2, 0.25) is 18.0 Å². The van der Waals surface area contributed by atoms with E-state index in [-0.39, 0.29) is 50.0 Å². The van der Waals surface area contributed by atoms with E-state index in [1.54, 1.807) is 6.92 Å². The van der Waals surface area contributed by atoms with Crippen LogP contribution in [0, 0.1) is 18.6 Å². The second-order valence-electron chi connectivity index (χ2n) is 13.8. The van der Waals surface area contributed by atoms with E-state index < -0.39 is 42.3 Å². The summed E-state index contributed by atoms with van der Waals surface area (Å²) in [5.41, 5.74) is 5.11. The molecule has 0 amide bonds. The van der Waals surface area contributed by atoms with Gasteiger partial charge in [-0.15, -0.1) is 5.10 Å². The molecule has 2 heterocycles. The molecule has 7 rings (SSSR count). The number of H-pyrrole nitrogens is 1. The first kappa shape index (κ1) is 39.8. The van der Waals surface area contributed by atoms with Crippen LogP contribution in [0.5, 0.6) is 11.6 Å². The minimum atomic E-state index is -1.10. The molecule has 1 unspecified atom stereocenters. The van der Waals surface area contributed by atoms with Gasteiger partial charge in [0, 0.05) is 17.7 Å². The van der Waals surface area contributed by atoms with Crippen molar-refractivity contribution in [2.24, 2.45) is 0 Å². The molecule has 1 fully saturated rings. The summed E-state index contributed by atoms with van der Waals surface area (Å²) in [4.78, 5) is 0. The van der Waals surface area contributed by atoms with E-state index in [0.29, 0.717) is 17.9 Å². The fourth-order valence-electron chi connectivity index (χ4n) is 6.74. The largest absolute Gasteiger partial charge is 0.494 e. The van der Waals surface area contributed by atoms with Gasteiger partial charge in [-0.25, -0.2) is 4.39 Å². The molecule has 296 valence electrons. The van der Waals surface area contributed by atoms with Crippen molar-refractivity contribution in [3.8, 4) is 11.6 Å². The van der Waals surface area contributed by atoms with Gasteiger partial charge >= 0.3 is 0 Å². The molecule has 5 aromatic carbocycles. The Balaban J connectivity index is 1.24. The lowest BCUT2D eigenvalue weighted by Gasteiger charge is -2.45. The number of benzene rings is 5. The van der Waals surface area contributed by atoms with Crippen LogP contribution in [0.1, 0.15) is 39.1 Å². The third kappa shape index (κ3) is 10.3. The van der Waals surface area contributed by atoms with E-state index in [1.807, 2.05) is 121 Å². The highest BCUT2D eigenvalue weighted by atomic mass is 19.2. The zero-order valence-corrected chi connectivity index (χ0v) is 31.9. The quantitative estimate of drug-likeness (QED) is 0.0928. The van der Waals surface area contributed by atoms with E-state index in [2.05, 4.69) is 10.2 Å². The molecule has 0 aliphatic carbocycles. The zero-order valence-electron chi connectivity index (χ0n) is 31.9. The average Bonchev–Trinajstić information content (AvgIpc) is 3.59. The van der Waals surface area contributed by atoms with Crippen molar-refractivity contribution >= 4 is 0 Å². The predicted octanol–water partition coefficient (Wildman–Crippen LogP) is 8.67. The molecule has 11 heteroatoms. The van der Waals surface area contributed by atoms with Crippen molar-refractivity contribution in [1.82, 2.24) is 10.2 Å². The maximum Gasteiger partial charge on any atom is 0.238 e. The summed E-state index contributed by atoms with van der Waals surface area (Å²) in [5, 5.41) is 7.41. The topological polar surface area (TPSA) is 93.3 Å². The molecule has 1 aromatic heterocycles. The summed E-state index contributed by atoms with van der Waals surface area (Å²) in [6.45, 7) is 3.00. The molecule has 1 aliphatic rings. The SMILES string of the molecule is COc1ccc(Cc2c(OC3O[C@H](COCc4ccccc4)[C@@H](OCc4ccccc4)[C@H](OCc4ccccc4)[C@H]3OCc3ccccc3)n[nH]c2C)c(F)c1F. The normalized spacial score (nSPS) is 19.3. The number of halogens is 2. The van der Waals surface area contributed by atoms with Crippen molar-refractivity contribution in [1.29, 1.82) is 0 Å². The molecule has 0 radical (unpaired) electrons. The van der Waals surface area contributed by atoms with Gasteiger partial charge in [-0.2, -0.15) is 4.39 Å². The molecule has 5 atom stereocenters. The number of hydrogen-bond donors (Lipinski definition) is 1. The minimum absolute atomic E-state index is 0.0208. The molecular formula is C46H46F2N2O7. The van der Waals surface area contributed by atoms with Gasteiger partial charge in [-0.3, -0.25) is 5.10 Å². The summed E-state index contributed by atoms with van der Waals surface area (Å²) in [6.07, 6.45) is -4.10. The van der Waals surface area contributed by atoms with Gasteiger partial charge in [0.15, 0.2) is 11.6 Å². The number of aromatic nitrogens is 2. The first-order valence-corrected chi connectivity index (χ1v) is 18.9. The van der Waals surface area contributed by atoms with Crippen LogP contribution in [0.4, 0.5) is 8.78 Å². The van der Waals surface area contributed by atoms with E-state index in [0.717, 1.165) is 22.3 Å². The van der Waals surface area contributed by atoms with Crippen LogP contribution in [0.15, 0.2) is 133 Å². The van der Waals surface area contributed by atoms with Gasteiger partial charge in [0.25, 0.3) is 0 Å². The summed E-state index contributed by atoms with van der Waals surface area (Å²) in [7, 11) is 1.29. The molecule has 1 saturated heterocycles. The first-order valence-electron chi connectivity index (χ1n) is 18.9. The van der Waals surface area contributed by atoms with Crippen LogP contribution < -0.4 is 9.47 Å². The molecule has 1 aliphatic heterocycles. The van der Waals surface area contributed by atoms with Gasteiger partial charge in [0.05, 0.1) is 40.1 Å². The minimum Gasteiger partial charge on any atom is -0.494 e. The maximum atomic E-state index is 15.3. The molecule has 0 saturated carbocycles. The van der Waals surface area contributed by atoms with Gasteiger partial charge in [0.1, 0.15) is 24.4 Å². The smallest absolute Gasteiger partial charge is 0.238 e. The summed E-state index contributed by atoms with van der Waals surface area (Å²) in [5.74, 6) is -2.11. The summed E-state index contributed by atoms with van der Waals surface area (Å²) < 4.78 is 75.1. The van der Waals surface area contributed by atoms with Crippen molar-refractivity contribution in [2.75, 3.05) is 13.7 Å². The van der Waals surface area contributed by atoms with Crippen LogP contribution >= 0.6 is 0 Å². The molecule has 9 nitrogen and oxygen atoms in total. The standard InChI is InChI=1S/C46H46F2N2O7/c1-31-37(25-36-23-24-38(51-2)41(48)40(36)47)45(50-49-31)57-46-44(55-29-35-21-13-6-14-22-35)43(54-28-34-19-11-5-12-20-34)42(53-27-33-17-9-4-10-18-33)39(56-46)30-52-26-32-15-7-3-8-16-32/h3-24,39,42-44,46H,25-30H2,1-2H3,(H,49,50)/t39-,42-,43+,44-,46?/m1/s1. The fraction of sp³-hybridized carbons (Fsp3) is 0.283. The van der Waals surface area contributed by atoms with E-state index in [4.69, 9.17) is 33.2 Å². The number of aromatic amines is 1. The van der Waals surface area contributed by atoms with E-state index in [9.17, 15) is 4.39 Å². The van der Waals surface area contributed by atoms with Gasteiger partial charge in [-0.05, 0) is 40.8 Å². The van der Waals surface area contributed by atoms with Crippen molar-refractivity contribution in [3.05, 3.63) is 184 Å². The van der Waals surface area contributed by atoms with Crippen molar-refractivity contribution < 1.29 is 41.9 Å². The number of hydrogen-bond acceptors (Lipinski definition) is 8. The molecule has 0 bridgehead atoms. The van der Waals surface area contributed by atoms with Crippen LogP contribution in [-0.2, 0) is 56.5 Å². The number of nitrogens with one attached hydrogen (secondary N) is 1. The molecule has 57 heavy (non-hydrogen) atoms. The van der Waals surface area contributed by atoms with Gasteiger partial charge < -0.3 is 33.2 Å². The second-order valence-corrected chi connectivity index (χ2v) is 13.8.